The van der Waals surface area contributed by atoms with Gasteiger partial charge in [0.25, 0.3) is 11.8 Å². The summed E-state index contributed by atoms with van der Waals surface area (Å²) in [6.45, 7) is 9.93. The molecule has 3 amide bonds. The summed E-state index contributed by atoms with van der Waals surface area (Å²) in [6.07, 6.45) is 0.539. The van der Waals surface area contributed by atoms with Gasteiger partial charge in [-0.15, -0.1) is 0 Å². The minimum absolute atomic E-state index is 0.0382. The Bertz CT molecular complexity index is 1480. The van der Waals surface area contributed by atoms with Gasteiger partial charge in [-0.25, -0.2) is 0 Å². The van der Waals surface area contributed by atoms with Crippen molar-refractivity contribution in [3.05, 3.63) is 101 Å². The molecule has 45 heavy (non-hydrogen) atoms. The number of fused-ring (bicyclic) bond motifs is 1. The zero-order valence-corrected chi connectivity index (χ0v) is 26.7. The number of esters is 1. The van der Waals surface area contributed by atoms with Gasteiger partial charge in [0.2, 0.25) is 5.91 Å². The highest BCUT2D eigenvalue weighted by atomic mass is 16.6. The van der Waals surface area contributed by atoms with Crippen LogP contribution in [0.5, 0.6) is 5.75 Å². The Kier molecular flexibility index (Phi) is 11.1. The summed E-state index contributed by atoms with van der Waals surface area (Å²) in [5, 5.41) is 6.17. The van der Waals surface area contributed by atoms with E-state index < -0.39 is 35.5 Å². The number of hydrogen-bond acceptors (Lipinski definition) is 7. The van der Waals surface area contributed by atoms with Gasteiger partial charge in [-0.3, -0.25) is 29.4 Å². The number of hydrogen-bond donors (Lipinski definition) is 2. The summed E-state index contributed by atoms with van der Waals surface area (Å²) in [5.74, 6) is -1.06. The maximum atomic E-state index is 13.4. The van der Waals surface area contributed by atoms with Crippen LogP contribution in [0, 0.1) is 5.92 Å². The van der Waals surface area contributed by atoms with Crippen molar-refractivity contribution in [2.75, 3.05) is 6.54 Å². The molecule has 1 aliphatic heterocycles. The van der Waals surface area contributed by atoms with Crippen LogP contribution < -0.4 is 15.4 Å². The maximum absolute atomic E-state index is 13.4. The minimum Gasteiger partial charge on any atom is -0.489 e. The fraction of sp³-hybridized carbons (Fsp3) is 0.389. The molecule has 2 atom stereocenters. The summed E-state index contributed by atoms with van der Waals surface area (Å²) >= 11 is 0. The van der Waals surface area contributed by atoms with Gasteiger partial charge < -0.3 is 14.8 Å². The first-order valence-corrected chi connectivity index (χ1v) is 15.4. The average Bonchev–Trinajstić information content (AvgIpc) is 3.24. The Morgan fingerprint density at radius 3 is 2.07 bits per heavy atom. The van der Waals surface area contributed by atoms with Crippen LogP contribution in [0.15, 0.2) is 78.9 Å². The van der Waals surface area contributed by atoms with E-state index >= 15 is 0 Å². The van der Waals surface area contributed by atoms with Crippen LogP contribution in [-0.2, 0) is 27.5 Å². The van der Waals surface area contributed by atoms with E-state index in [1.807, 2.05) is 74.5 Å². The maximum Gasteiger partial charge on any atom is 0.323 e. The standard InChI is InChI=1S/C36H43N3O6/c1-24(2)20-31(32(40)37-22-25-12-8-6-9-13-25)38-30(35(43)45-36(3,4)5)18-19-39-33(41)28-17-16-27(21-29(28)34(39)42)44-23-26-14-10-7-11-15-26/h6-17,21,24,30-31,38H,18-20,22-23H2,1-5H3,(H,37,40)/t30-,31+/m1/s1. The lowest BCUT2D eigenvalue weighted by molar-refractivity contribution is -0.158. The molecule has 0 aromatic heterocycles. The number of amides is 3. The number of carbonyl (C=O) groups excluding carboxylic acids is 4. The molecule has 4 rings (SSSR count). The molecule has 0 radical (unpaired) electrons. The van der Waals surface area contributed by atoms with Crippen molar-refractivity contribution in [2.24, 2.45) is 5.92 Å². The SMILES string of the molecule is CC(C)C[C@H](N[C@H](CCN1C(=O)c2ccc(OCc3ccccc3)cc2C1=O)C(=O)OC(C)(C)C)C(=O)NCc1ccccc1. The van der Waals surface area contributed by atoms with E-state index in [1.54, 1.807) is 39.0 Å². The van der Waals surface area contributed by atoms with Crippen LogP contribution in [-0.4, -0.2) is 52.8 Å². The van der Waals surface area contributed by atoms with Crippen molar-refractivity contribution in [3.63, 3.8) is 0 Å². The molecular weight excluding hydrogens is 570 g/mol. The van der Waals surface area contributed by atoms with E-state index in [9.17, 15) is 19.2 Å². The third kappa shape index (κ3) is 9.49. The first-order valence-electron chi connectivity index (χ1n) is 15.4. The van der Waals surface area contributed by atoms with Gasteiger partial charge in [-0.2, -0.15) is 0 Å². The molecule has 0 saturated heterocycles. The molecule has 9 nitrogen and oxygen atoms in total. The number of nitrogens with zero attached hydrogens (tertiary/aromatic N) is 1. The zero-order valence-electron chi connectivity index (χ0n) is 26.7. The molecule has 0 spiro atoms. The zero-order chi connectivity index (χ0) is 32.6. The number of ether oxygens (including phenoxy) is 2. The molecule has 1 heterocycles. The average molecular weight is 614 g/mol. The van der Waals surface area contributed by atoms with Crippen molar-refractivity contribution in [3.8, 4) is 5.75 Å². The Balaban J connectivity index is 1.46. The summed E-state index contributed by atoms with van der Waals surface area (Å²) in [4.78, 5) is 54.5. The second-order valence-corrected chi connectivity index (χ2v) is 12.7. The number of benzene rings is 3. The van der Waals surface area contributed by atoms with Crippen LogP contribution in [0.25, 0.3) is 0 Å². The Labute approximate surface area is 265 Å². The van der Waals surface area contributed by atoms with E-state index in [1.165, 1.54) is 0 Å². The molecule has 238 valence electrons. The van der Waals surface area contributed by atoms with Gasteiger partial charge >= 0.3 is 5.97 Å². The van der Waals surface area contributed by atoms with E-state index in [2.05, 4.69) is 10.6 Å². The summed E-state index contributed by atoms with van der Waals surface area (Å²) in [6, 6.07) is 22.4. The summed E-state index contributed by atoms with van der Waals surface area (Å²) in [5.41, 5.74) is 1.70. The second kappa shape index (κ2) is 15.0. The highest BCUT2D eigenvalue weighted by molar-refractivity contribution is 6.21. The molecule has 0 fully saturated rings. The van der Waals surface area contributed by atoms with Crippen LogP contribution >= 0.6 is 0 Å². The van der Waals surface area contributed by atoms with Crippen LogP contribution in [0.1, 0.15) is 79.3 Å². The molecule has 9 heteroatoms. The van der Waals surface area contributed by atoms with Crippen LogP contribution in [0.2, 0.25) is 0 Å². The van der Waals surface area contributed by atoms with Crippen molar-refractivity contribution in [1.29, 1.82) is 0 Å². The molecular formula is C36H43N3O6. The molecule has 2 N–H and O–H groups in total. The second-order valence-electron chi connectivity index (χ2n) is 12.7. The van der Waals surface area contributed by atoms with Crippen molar-refractivity contribution in [1.82, 2.24) is 15.5 Å². The predicted octanol–water partition coefficient (Wildman–Crippen LogP) is 5.28. The molecule has 3 aromatic carbocycles. The first-order chi connectivity index (χ1) is 21.4. The van der Waals surface area contributed by atoms with E-state index in [0.717, 1.165) is 16.0 Å². The fourth-order valence-electron chi connectivity index (χ4n) is 5.08. The Hall–Kier alpha value is -4.50. The molecule has 0 aliphatic carbocycles. The lowest BCUT2D eigenvalue weighted by Gasteiger charge is -2.29. The molecule has 0 bridgehead atoms. The van der Waals surface area contributed by atoms with Gasteiger partial charge in [0.1, 0.15) is 24.0 Å². The van der Waals surface area contributed by atoms with Gasteiger partial charge in [-0.05, 0) is 68.9 Å². The third-order valence-corrected chi connectivity index (χ3v) is 7.26. The van der Waals surface area contributed by atoms with Crippen LogP contribution in [0.4, 0.5) is 0 Å². The van der Waals surface area contributed by atoms with Crippen LogP contribution in [0.3, 0.4) is 0 Å². The highest BCUT2D eigenvalue weighted by Gasteiger charge is 2.38. The normalized spacial score (nSPS) is 14.2. The van der Waals surface area contributed by atoms with Gasteiger partial charge in [0, 0.05) is 13.1 Å². The molecule has 0 unspecified atom stereocenters. The number of rotatable bonds is 14. The summed E-state index contributed by atoms with van der Waals surface area (Å²) < 4.78 is 11.6. The van der Waals surface area contributed by atoms with Crippen molar-refractivity contribution >= 4 is 23.7 Å². The minimum atomic E-state index is -0.940. The fourth-order valence-corrected chi connectivity index (χ4v) is 5.08. The van der Waals surface area contributed by atoms with Crippen molar-refractivity contribution < 1.29 is 28.7 Å². The topological polar surface area (TPSA) is 114 Å². The van der Waals surface area contributed by atoms with Gasteiger partial charge in [0.15, 0.2) is 0 Å². The number of carbonyl (C=O) groups is 4. The van der Waals surface area contributed by atoms with E-state index in [4.69, 9.17) is 9.47 Å². The lowest BCUT2D eigenvalue weighted by atomic mass is 10.0. The smallest absolute Gasteiger partial charge is 0.323 e. The monoisotopic (exact) mass is 613 g/mol. The Morgan fingerprint density at radius 2 is 1.44 bits per heavy atom. The quantitative estimate of drug-likeness (QED) is 0.188. The lowest BCUT2D eigenvalue weighted by Crippen LogP contribution is -2.53. The van der Waals surface area contributed by atoms with Gasteiger partial charge in [0.05, 0.1) is 17.2 Å². The van der Waals surface area contributed by atoms with E-state index in [-0.39, 0.29) is 35.9 Å². The first kappa shape index (κ1) is 33.4. The predicted molar refractivity (Wildman–Crippen MR) is 172 cm³/mol. The molecule has 0 saturated carbocycles. The number of nitrogens with one attached hydrogen (secondary N) is 2. The van der Waals surface area contributed by atoms with E-state index in [0.29, 0.717) is 25.3 Å². The van der Waals surface area contributed by atoms with Crippen molar-refractivity contribution in [2.45, 2.75) is 78.3 Å². The summed E-state index contributed by atoms with van der Waals surface area (Å²) in [7, 11) is 0. The molecule has 3 aromatic rings. The highest BCUT2D eigenvalue weighted by Crippen LogP contribution is 2.28. The van der Waals surface area contributed by atoms with Gasteiger partial charge in [-0.1, -0.05) is 74.5 Å². The third-order valence-electron chi connectivity index (χ3n) is 7.26. The molecule has 1 aliphatic rings. The number of imide groups is 1. The largest absolute Gasteiger partial charge is 0.489 e. The Morgan fingerprint density at radius 1 is 0.822 bits per heavy atom.